The molecule has 0 unspecified atom stereocenters. The summed E-state index contributed by atoms with van der Waals surface area (Å²) in [5, 5.41) is 2.99. The monoisotopic (exact) mass is 426 g/mol. The van der Waals surface area contributed by atoms with Crippen LogP contribution in [0.2, 0.25) is 0 Å². The molecule has 0 spiro atoms. The maximum absolute atomic E-state index is 12.8. The minimum absolute atomic E-state index is 0.0898. The smallest absolute Gasteiger partial charge is 0.320 e. The van der Waals surface area contributed by atoms with Crippen molar-refractivity contribution in [3.8, 4) is 22.8 Å². The fourth-order valence-electron chi connectivity index (χ4n) is 3.75. The lowest BCUT2D eigenvalue weighted by Crippen LogP contribution is -2.44. The van der Waals surface area contributed by atoms with Crippen molar-refractivity contribution in [2.45, 2.75) is 39.8 Å². The third-order valence-electron chi connectivity index (χ3n) is 5.08. The van der Waals surface area contributed by atoms with E-state index in [2.05, 4.69) is 15.3 Å². The molecule has 0 saturated heterocycles. The van der Waals surface area contributed by atoms with Gasteiger partial charge in [0.2, 0.25) is 0 Å². The van der Waals surface area contributed by atoms with E-state index in [0.717, 1.165) is 5.69 Å². The predicted octanol–water partition coefficient (Wildman–Crippen LogP) is 5.40. The number of nitrogens with zero attached hydrogens (tertiary/aromatic N) is 5. The SMILES string of the molecule is CC(C)N(C(=O)Nc1ccc2nc(-c3ccccn3)c(-c3ccccn3)nc2c1)C(C)C. The zero-order valence-corrected chi connectivity index (χ0v) is 18.6. The summed E-state index contributed by atoms with van der Waals surface area (Å²) in [5.74, 6) is 0. The third kappa shape index (κ3) is 4.42. The first-order valence-corrected chi connectivity index (χ1v) is 10.7. The molecular weight excluding hydrogens is 400 g/mol. The number of aromatic nitrogens is 4. The van der Waals surface area contributed by atoms with Crippen LogP contribution in [0.15, 0.2) is 67.0 Å². The Labute approximate surface area is 187 Å². The number of fused-ring (bicyclic) bond motifs is 1. The van der Waals surface area contributed by atoms with E-state index in [0.29, 0.717) is 33.8 Å². The van der Waals surface area contributed by atoms with E-state index in [1.54, 1.807) is 17.3 Å². The molecule has 0 fully saturated rings. The van der Waals surface area contributed by atoms with Crippen LogP contribution in [-0.4, -0.2) is 43.0 Å². The van der Waals surface area contributed by atoms with Crippen molar-refractivity contribution in [2.75, 3.05) is 5.32 Å². The molecule has 0 radical (unpaired) electrons. The van der Waals surface area contributed by atoms with Crippen LogP contribution >= 0.6 is 0 Å². The van der Waals surface area contributed by atoms with Crippen LogP contribution in [0.4, 0.5) is 10.5 Å². The standard InChI is InChI=1S/C25H26N6O/c1-16(2)31(17(3)4)25(32)28-18-11-12-19-22(15-18)30-24(21-10-6-8-14-27-21)23(29-19)20-9-5-7-13-26-20/h5-17H,1-4H3,(H,28,32). The van der Waals surface area contributed by atoms with Gasteiger partial charge in [0.25, 0.3) is 0 Å². The molecule has 0 bridgehead atoms. The third-order valence-corrected chi connectivity index (χ3v) is 5.08. The summed E-state index contributed by atoms with van der Waals surface area (Å²) in [5.41, 5.74) is 4.80. The minimum atomic E-state index is -0.141. The highest BCUT2D eigenvalue weighted by atomic mass is 16.2. The molecule has 0 aliphatic rings. The second kappa shape index (κ2) is 9.09. The summed E-state index contributed by atoms with van der Waals surface area (Å²) >= 11 is 0. The van der Waals surface area contributed by atoms with Gasteiger partial charge in [0.15, 0.2) is 0 Å². The fraction of sp³-hybridized carbons (Fsp3) is 0.240. The number of pyridine rings is 2. The van der Waals surface area contributed by atoms with Crippen LogP contribution < -0.4 is 5.32 Å². The summed E-state index contributed by atoms with van der Waals surface area (Å²) in [6, 6.07) is 17.0. The van der Waals surface area contributed by atoms with Crippen LogP contribution in [0.25, 0.3) is 33.8 Å². The summed E-state index contributed by atoms with van der Waals surface area (Å²) in [6.45, 7) is 8.01. The van der Waals surface area contributed by atoms with Gasteiger partial charge in [-0.15, -0.1) is 0 Å². The van der Waals surface area contributed by atoms with Crippen LogP contribution in [-0.2, 0) is 0 Å². The van der Waals surface area contributed by atoms with Crippen molar-refractivity contribution in [3.05, 3.63) is 67.0 Å². The van der Waals surface area contributed by atoms with Gasteiger partial charge in [0.05, 0.1) is 22.4 Å². The summed E-state index contributed by atoms with van der Waals surface area (Å²) in [6.07, 6.45) is 3.46. The molecule has 7 nitrogen and oxygen atoms in total. The molecule has 3 aromatic heterocycles. The number of carbonyl (C=O) groups excluding carboxylic acids is 1. The Balaban J connectivity index is 1.78. The molecule has 0 saturated carbocycles. The van der Waals surface area contributed by atoms with E-state index >= 15 is 0 Å². The molecule has 4 rings (SSSR count). The molecule has 32 heavy (non-hydrogen) atoms. The summed E-state index contributed by atoms with van der Waals surface area (Å²) in [4.78, 5) is 33.3. The van der Waals surface area contributed by atoms with Crippen molar-refractivity contribution in [3.63, 3.8) is 0 Å². The Morgan fingerprint density at radius 3 is 1.84 bits per heavy atom. The number of urea groups is 1. The van der Waals surface area contributed by atoms with Gasteiger partial charge >= 0.3 is 6.03 Å². The number of rotatable bonds is 5. The first kappa shape index (κ1) is 21.4. The Hall–Kier alpha value is -3.87. The van der Waals surface area contributed by atoms with E-state index in [9.17, 15) is 4.79 Å². The van der Waals surface area contributed by atoms with Crippen LogP contribution in [0.1, 0.15) is 27.7 Å². The van der Waals surface area contributed by atoms with Crippen LogP contribution in [0.3, 0.4) is 0 Å². The number of nitrogens with one attached hydrogen (secondary N) is 1. The largest absolute Gasteiger partial charge is 0.322 e. The average molecular weight is 427 g/mol. The molecule has 1 N–H and O–H groups in total. The van der Waals surface area contributed by atoms with E-state index in [-0.39, 0.29) is 18.1 Å². The van der Waals surface area contributed by atoms with Gasteiger partial charge < -0.3 is 10.2 Å². The second-order valence-electron chi connectivity index (χ2n) is 8.08. The molecule has 0 aliphatic carbocycles. The van der Waals surface area contributed by atoms with Crippen LogP contribution in [0, 0.1) is 0 Å². The summed E-state index contributed by atoms with van der Waals surface area (Å²) in [7, 11) is 0. The van der Waals surface area contributed by atoms with Gasteiger partial charge in [0.1, 0.15) is 11.4 Å². The molecule has 0 atom stereocenters. The maximum atomic E-state index is 12.8. The highest BCUT2D eigenvalue weighted by Gasteiger charge is 2.20. The van der Waals surface area contributed by atoms with Crippen molar-refractivity contribution in [2.24, 2.45) is 0 Å². The minimum Gasteiger partial charge on any atom is -0.320 e. The van der Waals surface area contributed by atoms with Gasteiger partial charge in [0, 0.05) is 30.2 Å². The Bertz CT molecular complexity index is 1220. The van der Waals surface area contributed by atoms with Crippen molar-refractivity contribution in [1.82, 2.24) is 24.8 Å². The van der Waals surface area contributed by atoms with Gasteiger partial charge in [-0.3, -0.25) is 9.97 Å². The maximum Gasteiger partial charge on any atom is 0.322 e. The fourth-order valence-corrected chi connectivity index (χ4v) is 3.75. The number of anilines is 1. The molecule has 2 amide bonds. The Kier molecular flexibility index (Phi) is 6.07. The highest BCUT2D eigenvalue weighted by Crippen LogP contribution is 2.29. The zero-order valence-electron chi connectivity index (χ0n) is 18.6. The molecule has 3 heterocycles. The van der Waals surface area contributed by atoms with E-state index in [1.165, 1.54) is 0 Å². The number of carbonyl (C=O) groups is 1. The molecule has 162 valence electrons. The lowest BCUT2D eigenvalue weighted by molar-refractivity contribution is 0.178. The van der Waals surface area contributed by atoms with Gasteiger partial charge in [-0.05, 0) is 70.2 Å². The summed E-state index contributed by atoms with van der Waals surface area (Å²) < 4.78 is 0. The van der Waals surface area contributed by atoms with E-state index in [1.807, 2.05) is 82.3 Å². The molecular formula is C25H26N6O. The number of hydrogen-bond donors (Lipinski definition) is 1. The van der Waals surface area contributed by atoms with Gasteiger partial charge in [-0.2, -0.15) is 0 Å². The van der Waals surface area contributed by atoms with Crippen molar-refractivity contribution >= 4 is 22.8 Å². The van der Waals surface area contributed by atoms with Crippen molar-refractivity contribution in [1.29, 1.82) is 0 Å². The lowest BCUT2D eigenvalue weighted by atomic mass is 10.1. The lowest BCUT2D eigenvalue weighted by Gasteiger charge is -2.30. The van der Waals surface area contributed by atoms with E-state index in [4.69, 9.17) is 9.97 Å². The highest BCUT2D eigenvalue weighted by molar-refractivity contribution is 5.93. The first-order chi connectivity index (χ1) is 15.4. The Morgan fingerprint density at radius 1 is 0.781 bits per heavy atom. The van der Waals surface area contributed by atoms with E-state index < -0.39 is 0 Å². The number of amides is 2. The molecule has 4 aromatic rings. The topological polar surface area (TPSA) is 83.9 Å². The number of hydrogen-bond acceptors (Lipinski definition) is 5. The Morgan fingerprint density at radius 2 is 1.34 bits per heavy atom. The average Bonchev–Trinajstić information content (AvgIpc) is 2.79. The number of benzene rings is 1. The van der Waals surface area contributed by atoms with Crippen LogP contribution in [0.5, 0.6) is 0 Å². The van der Waals surface area contributed by atoms with Gasteiger partial charge in [-0.1, -0.05) is 12.1 Å². The normalized spacial score (nSPS) is 11.2. The quantitative estimate of drug-likeness (QED) is 0.462. The zero-order chi connectivity index (χ0) is 22.7. The molecule has 1 aromatic carbocycles. The van der Waals surface area contributed by atoms with Gasteiger partial charge in [-0.25, -0.2) is 14.8 Å². The second-order valence-corrected chi connectivity index (χ2v) is 8.08. The molecule has 7 heteroatoms. The molecule has 0 aliphatic heterocycles. The van der Waals surface area contributed by atoms with Crippen molar-refractivity contribution < 1.29 is 4.79 Å². The predicted molar refractivity (Wildman–Crippen MR) is 127 cm³/mol. The first-order valence-electron chi connectivity index (χ1n) is 10.7.